The number of aromatic nitrogens is 2. The lowest BCUT2D eigenvalue weighted by atomic mass is 10.1. The summed E-state index contributed by atoms with van der Waals surface area (Å²) in [6, 6.07) is 11.4. The molecule has 2 aromatic carbocycles. The number of hydrogen-bond donors (Lipinski definition) is 0. The van der Waals surface area contributed by atoms with Gasteiger partial charge in [-0.05, 0) is 37.1 Å². The molecular weight excluding hydrogens is 370 g/mol. The summed E-state index contributed by atoms with van der Waals surface area (Å²) < 4.78 is 16.1. The van der Waals surface area contributed by atoms with Gasteiger partial charge in [0.15, 0.2) is 5.82 Å². The Morgan fingerprint density at radius 2 is 1.72 bits per heavy atom. The second kappa shape index (κ2) is 7.58. The number of hydrogen-bond acceptors (Lipinski definition) is 6. The van der Waals surface area contributed by atoms with Gasteiger partial charge >= 0.3 is 0 Å². The van der Waals surface area contributed by atoms with Crippen molar-refractivity contribution in [2.75, 3.05) is 25.7 Å². The molecule has 0 bridgehead atoms. The Morgan fingerprint density at radius 3 is 2.34 bits per heavy atom. The molecule has 1 saturated heterocycles. The van der Waals surface area contributed by atoms with Crippen molar-refractivity contribution in [2.45, 2.75) is 26.2 Å². The van der Waals surface area contributed by atoms with E-state index in [0.29, 0.717) is 41.7 Å². The van der Waals surface area contributed by atoms with Gasteiger partial charge in [-0.2, -0.15) is 4.98 Å². The summed E-state index contributed by atoms with van der Waals surface area (Å²) >= 11 is 0. The quantitative estimate of drug-likeness (QED) is 0.654. The van der Waals surface area contributed by atoms with E-state index in [2.05, 4.69) is 10.1 Å². The molecule has 0 N–H and O–H groups in total. The number of nitrogens with zero attached hydrogens (tertiary/aromatic N) is 3. The normalized spacial score (nSPS) is 16.3. The first-order valence-corrected chi connectivity index (χ1v) is 9.43. The van der Waals surface area contributed by atoms with Crippen LogP contribution in [0.25, 0.3) is 11.5 Å². The van der Waals surface area contributed by atoms with Crippen molar-refractivity contribution in [1.82, 2.24) is 10.1 Å². The molecule has 7 nitrogen and oxygen atoms in total. The third kappa shape index (κ3) is 3.55. The molecule has 1 aliphatic heterocycles. The van der Waals surface area contributed by atoms with Crippen LogP contribution in [0.2, 0.25) is 0 Å². The minimum atomic E-state index is -0.119. The average Bonchev–Trinajstić information content (AvgIpc) is 3.35. The van der Waals surface area contributed by atoms with E-state index in [1.54, 1.807) is 20.3 Å². The molecule has 1 amide bonds. The minimum Gasteiger partial charge on any atom is -0.497 e. The van der Waals surface area contributed by atoms with E-state index < -0.39 is 0 Å². The van der Waals surface area contributed by atoms with Gasteiger partial charge in [-0.15, -0.1) is 0 Å². The number of aryl methyl sites for hydroxylation is 2. The number of amides is 1. The van der Waals surface area contributed by atoms with Crippen LogP contribution in [-0.2, 0) is 4.79 Å². The van der Waals surface area contributed by atoms with Gasteiger partial charge in [0.05, 0.1) is 14.2 Å². The highest BCUT2D eigenvalue weighted by molar-refractivity contribution is 5.97. The summed E-state index contributed by atoms with van der Waals surface area (Å²) in [5, 5.41) is 4.15. The van der Waals surface area contributed by atoms with Crippen LogP contribution in [0.3, 0.4) is 0 Å². The van der Waals surface area contributed by atoms with Gasteiger partial charge < -0.3 is 18.9 Å². The van der Waals surface area contributed by atoms with E-state index in [1.807, 2.05) is 49.1 Å². The summed E-state index contributed by atoms with van der Waals surface area (Å²) in [5.41, 5.74) is 3.84. The van der Waals surface area contributed by atoms with Crippen molar-refractivity contribution in [2.24, 2.45) is 0 Å². The Morgan fingerprint density at radius 1 is 1.07 bits per heavy atom. The molecule has 7 heteroatoms. The largest absolute Gasteiger partial charge is 0.497 e. The molecule has 0 aliphatic carbocycles. The van der Waals surface area contributed by atoms with Crippen LogP contribution >= 0.6 is 0 Å². The van der Waals surface area contributed by atoms with Crippen molar-refractivity contribution in [3.05, 3.63) is 53.3 Å². The summed E-state index contributed by atoms with van der Waals surface area (Å²) in [7, 11) is 3.17. The maximum Gasteiger partial charge on any atom is 0.258 e. The smallest absolute Gasteiger partial charge is 0.258 e. The number of para-hydroxylation sites is 1. The summed E-state index contributed by atoms with van der Waals surface area (Å²) in [6.45, 7) is 4.57. The monoisotopic (exact) mass is 393 g/mol. The zero-order valence-corrected chi connectivity index (χ0v) is 16.9. The zero-order chi connectivity index (χ0) is 20.5. The number of ether oxygens (including phenoxy) is 2. The van der Waals surface area contributed by atoms with Crippen LogP contribution in [0.5, 0.6) is 11.5 Å². The van der Waals surface area contributed by atoms with Crippen LogP contribution in [0.4, 0.5) is 5.69 Å². The third-order valence-corrected chi connectivity index (χ3v) is 5.24. The molecule has 1 aromatic heterocycles. The average molecular weight is 393 g/mol. The number of anilines is 1. The standard InChI is InChI=1S/C22H23N3O4/c1-13-6-5-7-14(2)20(13)25-12-16(10-19(25)26)21-23-22(29-24-21)15-8-17(27-3)11-18(9-15)28-4/h5-9,11,16H,10,12H2,1-4H3. The van der Waals surface area contributed by atoms with Gasteiger partial charge in [-0.1, -0.05) is 23.4 Å². The SMILES string of the molecule is COc1cc(OC)cc(-c2nc(C3CC(=O)N(c4c(C)cccc4C)C3)no2)c1. The van der Waals surface area contributed by atoms with Crippen LogP contribution in [0.15, 0.2) is 40.9 Å². The molecule has 150 valence electrons. The maximum atomic E-state index is 12.7. The highest BCUT2D eigenvalue weighted by Gasteiger charge is 2.35. The Balaban J connectivity index is 1.60. The number of benzene rings is 2. The van der Waals surface area contributed by atoms with Crippen molar-refractivity contribution >= 4 is 11.6 Å². The topological polar surface area (TPSA) is 77.7 Å². The highest BCUT2D eigenvalue weighted by Crippen LogP contribution is 2.35. The molecule has 0 radical (unpaired) electrons. The number of methoxy groups -OCH3 is 2. The van der Waals surface area contributed by atoms with Crippen LogP contribution in [0.1, 0.15) is 29.3 Å². The fraction of sp³-hybridized carbons (Fsp3) is 0.318. The molecule has 3 aromatic rings. The first-order valence-electron chi connectivity index (χ1n) is 9.43. The van der Waals surface area contributed by atoms with Crippen molar-refractivity contribution < 1.29 is 18.8 Å². The van der Waals surface area contributed by atoms with Crippen molar-refractivity contribution in [3.63, 3.8) is 0 Å². The number of rotatable bonds is 5. The second-order valence-corrected chi connectivity index (χ2v) is 7.20. The highest BCUT2D eigenvalue weighted by atomic mass is 16.5. The van der Waals surface area contributed by atoms with Gasteiger partial charge in [0.25, 0.3) is 5.89 Å². The lowest BCUT2D eigenvalue weighted by Crippen LogP contribution is -2.26. The van der Waals surface area contributed by atoms with E-state index >= 15 is 0 Å². The molecular formula is C22H23N3O4. The Hall–Kier alpha value is -3.35. The third-order valence-electron chi connectivity index (χ3n) is 5.24. The lowest BCUT2D eigenvalue weighted by molar-refractivity contribution is -0.117. The Kier molecular flexibility index (Phi) is 4.96. The van der Waals surface area contributed by atoms with Gasteiger partial charge in [0.2, 0.25) is 5.91 Å². The molecule has 1 aliphatic rings. The Bertz CT molecular complexity index is 1020. The predicted octanol–water partition coefficient (Wildman–Crippen LogP) is 3.89. The molecule has 1 unspecified atom stereocenters. The van der Waals surface area contributed by atoms with Crippen LogP contribution in [0, 0.1) is 13.8 Å². The maximum absolute atomic E-state index is 12.7. The fourth-order valence-corrected chi connectivity index (χ4v) is 3.78. The fourth-order valence-electron chi connectivity index (χ4n) is 3.78. The van der Waals surface area contributed by atoms with Gasteiger partial charge in [0.1, 0.15) is 11.5 Å². The van der Waals surface area contributed by atoms with E-state index in [-0.39, 0.29) is 11.8 Å². The van der Waals surface area contributed by atoms with Gasteiger partial charge in [-0.3, -0.25) is 4.79 Å². The van der Waals surface area contributed by atoms with E-state index in [9.17, 15) is 4.79 Å². The minimum absolute atomic E-state index is 0.0711. The number of carbonyl (C=O) groups excluding carboxylic acids is 1. The molecule has 0 spiro atoms. The molecule has 1 fully saturated rings. The molecule has 0 saturated carbocycles. The molecule has 2 heterocycles. The Labute approximate surface area is 169 Å². The van der Waals surface area contributed by atoms with E-state index in [4.69, 9.17) is 14.0 Å². The summed E-state index contributed by atoms with van der Waals surface area (Å²) in [4.78, 5) is 19.1. The predicted molar refractivity (Wildman–Crippen MR) is 108 cm³/mol. The summed E-state index contributed by atoms with van der Waals surface area (Å²) in [5.74, 6) is 2.13. The van der Waals surface area contributed by atoms with Crippen LogP contribution < -0.4 is 14.4 Å². The second-order valence-electron chi connectivity index (χ2n) is 7.20. The lowest BCUT2D eigenvalue weighted by Gasteiger charge is -2.21. The van der Waals surface area contributed by atoms with E-state index in [1.165, 1.54) is 0 Å². The van der Waals surface area contributed by atoms with Crippen molar-refractivity contribution in [1.29, 1.82) is 0 Å². The molecule has 4 rings (SSSR count). The number of carbonyl (C=O) groups is 1. The molecule has 29 heavy (non-hydrogen) atoms. The van der Waals surface area contributed by atoms with Crippen LogP contribution in [-0.4, -0.2) is 36.8 Å². The van der Waals surface area contributed by atoms with Crippen molar-refractivity contribution in [3.8, 4) is 23.0 Å². The van der Waals surface area contributed by atoms with Gasteiger partial charge in [-0.25, -0.2) is 0 Å². The van der Waals surface area contributed by atoms with Gasteiger partial charge in [0, 0.05) is 36.2 Å². The first kappa shape index (κ1) is 19.0. The summed E-state index contributed by atoms with van der Waals surface area (Å²) in [6.07, 6.45) is 0.355. The zero-order valence-electron chi connectivity index (χ0n) is 16.9. The first-order chi connectivity index (χ1) is 14.0. The van der Waals surface area contributed by atoms with E-state index in [0.717, 1.165) is 16.8 Å². The molecule has 1 atom stereocenters.